The Kier molecular flexibility index (Phi) is 3.87. The number of nitrogens with zero attached hydrogens (tertiary/aromatic N) is 1. The number of nitrogens with two attached hydrogens (primary N) is 1. The predicted molar refractivity (Wildman–Crippen MR) is 92.7 cm³/mol. The van der Waals surface area contributed by atoms with E-state index in [1.807, 2.05) is 19.2 Å². The standard InChI is InChI=1S/C18H27N3/c1-12-9-13-14(10-20-12)15(19)7-8-16(13)21-18(5,6)11-17(2,3)4/h7-10,21H,11,19H2,1-6H3. The molecule has 2 aromatic rings. The van der Waals surface area contributed by atoms with E-state index >= 15 is 0 Å². The summed E-state index contributed by atoms with van der Waals surface area (Å²) in [4.78, 5) is 4.36. The monoisotopic (exact) mass is 285 g/mol. The van der Waals surface area contributed by atoms with Crippen molar-refractivity contribution in [3.8, 4) is 0 Å². The number of fused-ring (bicyclic) bond motifs is 1. The molecule has 3 N–H and O–H groups in total. The van der Waals surface area contributed by atoms with Crippen molar-refractivity contribution in [2.45, 2.75) is 53.5 Å². The lowest BCUT2D eigenvalue weighted by atomic mass is 9.81. The van der Waals surface area contributed by atoms with E-state index in [4.69, 9.17) is 5.73 Å². The first-order valence-electron chi connectivity index (χ1n) is 7.50. The van der Waals surface area contributed by atoms with E-state index < -0.39 is 0 Å². The fourth-order valence-corrected chi connectivity index (χ4v) is 3.21. The minimum atomic E-state index is 0.0124. The van der Waals surface area contributed by atoms with Crippen LogP contribution in [0.2, 0.25) is 0 Å². The molecule has 0 spiro atoms. The zero-order valence-electron chi connectivity index (χ0n) is 14.0. The third kappa shape index (κ3) is 3.87. The Morgan fingerprint density at radius 1 is 1.10 bits per heavy atom. The number of pyridine rings is 1. The van der Waals surface area contributed by atoms with Gasteiger partial charge in [-0.2, -0.15) is 0 Å². The van der Waals surface area contributed by atoms with E-state index in [1.54, 1.807) is 0 Å². The van der Waals surface area contributed by atoms with Crippen LogP contribution in [0.5, 0.6) is 0 Å². The number of aryl methyl sites for hydroxylation is 1. The third-order valence-electron chi connectivity index (χ3n) is 3.52. The van der Waals surface area contributed by atoms with Gasteiger partial charge in [-0.25, -0.2) is 0 Å². The molecule has 3 nitrogen and oxygen atoms in total. The van der Waals surface area contributed by atoms with Crippen LogP contribution < -0.4 is 11.1 Å². The molecule has 3 heteroatoms. The van der Waals surface area contributed by atoms with Gasteiger partial charge in [0, 0.05) is 39.6 Å². The molecule has 114 valence electrons. The van der Waals surface area contributed by atoms with Crippen molar-refractivity contribution in [1.29, 1.82) is 0 Å². The third-order valence-corrected chi connectivity index (χ3v) is 3.52. The van der Waals surface area contributed by atoms with E-state index in [2.05, 4.69) is 57.1 Å². The molecular formula is C18H27N3. The minimum Gasteiger partial charge on any atom is -0.398 e. The normalized spacial score (nSPS) is 12.7. The SMILES string of the molecule is Cc1cc2c(NC(C)(C)CC(C)(C)C)ccc(N)c2cn1. The van der Waals surface area contributed by atoms with Crippen LogP contribution in [0.15, 0.2) is 24.4 Å². The molecule has 0 aliphatic heterocycles. The van der Waals surface area contributed by atoms with Crippen molar-refractivity contribution in [2.75, 3.05) is 11.1 Å². The molecule has 2 rings (SSSR count). The Balaban J connectivity index is 2.43. The van der Waals surface area contributed by atoms with E-state index in [1.165, 1.54) is 0 Å². The van der Waals surface area contributed by atoms with E-state index in [9.17, 15) is 0 Å². The second-order valence-corrected chi connectivity index (χ2v) is 7.82. The van der Waals surface area contributed by atoms with Gasteiger partial charge in [-0.3, -0.25) is 4.98 Å². The van der Waals surface area contributed by atoms with E-state index in [0.29, 0.717) is 0 Å². The Bertz CT molecular complexity index is 651. The summed E-state index contributed by atoms with van der Waals surface area (Å²) >= 11 is 0. The maximum Gasteiger partial charge on any atom is 0.0426 e. The van der Waals surface area contributed by atoms with Crippen LogP contribution in [-0.4, -0.2) is 10.5 Å². The first-order chi connectivity index (χ1) is 9.57. The van der Waals surface area contributed by atoms with E-state index in [0.717, 1.165) is 34.3 Å². The van der Waals surface area contributed by atoms with Crippen LogP contribution in [0.25, 0.3) is 10.8 Å². The number of nitrogen functional groups attached to an aromatic ring is 1. The second kappa shape index (κ2) is 5.21. The molecule has 1 aromatic heterocycles. The van der Waals surface area contributed by atoms with Crippen molar-refractivity contribution >= 4 is 22.1 Å². The summed E-state index contributed by atoms with van der Waals surface area (Å²) in [6.07, 6.45) is 2.94. The fraction of sp³-hybridized carbons (Fsp3) is 0.500. The summed E-state index contributed by atoms with van der Waals surface area (Å²) in [6.45, 7) is 13.3. The maximum absolute atomic E-state index is 6.07. The number of hydrogen-bond acceptors (Lipinski definition) is 3. The highest BCUT2D eigenvalue weighted by molar-refractivity contribution is 6.00. The summed E-state index contributed by atoms with van der Waals surface area (Å²) in [6, 6.07) is 6.12. The van der Waals surface area contributed by atoms with Gasteiger partial charge in [0.05, 0.1) is 0 Å². The number of anilines is 2. The molecule has 0 fully saturated rings. The smallest absolute Gasteiger partial charge is 0.0426 e. The molecule has 21 heavy (non-hydrogen) atoms. The zero-order chi connectivity index (χ0) is 15.8. The van der Waals surface area contributed by atoms with Crippen LogP contribution in [-0.2, 0) is 0 Å². The molecule has 0 aliphatic carbocycles. The quantitative estimate of drug-likeness (QED) is 0.800. The fourth-order valence-electron chi connectivity index (χ4n) is 3.21. The van der Waals surface area contributed by atoms with Gasteiger partial charge >= 0.3 is 0 Å². The van der Waals surface area contributed by atoms with Crippen molar-refractivity contribution < 1.29 is 0 Å². The van der Waals surface area contributed by atoms with Crippen LogP contribution in [0.1, 0.15) is 46.7 Å². The van der Waals surface area contributed by atoms with Gasteiger partial charge in [0.25, 0.3) is 0 Å². The molecular weight excluding hydrogens is 258 g/mol. The average molecular weight is 285 g/mol. The topological polar surface area (TPSA) is 50.9 Å². The first kappa shape index (κ1) is 15.6. The van der Waals surface area contributed by atoms with Crippen LogP contribution >= 0.6 is 0 Å². The number of aromatic nitrogens is 1. The Morgan fingerprint density at radius 3 is 2.38 bits per heavy atom. The highest BCUT2D eigenvalue weighted by Gasteiger charge is 2.25. The first-order valence-corrected chi connectivity index (χ1v) is 7.50. The lowest BCUT2D eigenvalue weighted by Crippen LogP contribution is -2.35. The number of rotatable bonds is 3. The van der Waals surface area contributed by atoms with Crippen molar-refractivity contribution in [1.82, 2.24) is 4.98 Å². The molecule has 0 unspecified atom stereocenters. The molecule has 0 bridgehead atoms. The largest absolute Gasteiger partial charge is 0.398 e. The lowest BCUT2D eigenvalue weighted by Gasteiger charge is -2.34. The van der Waals surface area contributed by atoms with Gasteiger partial charge in [0.1, 0.15) is 0 Å². The highest BCUT2D eigenvalue weighted by atomic mass is 15.0. The summed E-state index contributed by atoms with van der Waals surface area (Å²) < 4.78 is 0. The summed E-state index contributed by atoms with van der Waals surface area (Å²) in [5.41, 5.74) is 9.26. The van der Waals surface area contributed by atoms with Gasteiger partial charge < -0.3 is 11.1 Å². The van der Waals surface area contributed by atoms with Gasteiger partial charge in [-0.15, -0.1) is 0 Å². The summed E-state index contributed by atoms with van der Waals surface area (Å²) in [7, 11) is 0. The molecule has 0 saturated heterocycles. The molecule has 0 atom stereocenters. The summed E-state index contributed by atoms with van der Waals surface area (Å²) in [5.74, 6) is 0. The van der Waals surface area contributed by atoms with Gasteiger partial charge in [0.2, 0.25) is 0 Å². The van der Waals surface area contributed by atoms with Gasteiger partial charge in [-0.1, -0.05) is 20.8 Å². The molecule has 1 aromatic carbocycles. The van der Waals surface area contributed by atoms with Crippen molar-refractivity contribution in [2.24, 2.45) is 5.41 Å². The Morgan fingerprint density at radius 2 is 1.76 bits per heavy atom. The second-order valence-electron chi connectivity index (χ2n) is 7.82. The van der Waals surface area contributed by atoms with Crippen LogP contribution in [0.4, 0.5) is 11.4 Å². The average Bonchev–Trinajstić information content (AvgIpc) is 2.29. The number of benzene rings is 1. The molecule has 0 saturated carbocycles. The van der Waals surface area contributed by atoms with Crippen molar-refractivity contribution in [3.63, 3.8) is 0 Å². The van der Waals surface area contributed by atoms with E-state index in [-0.39, 0.29) is 11.0 Å². The zero-order valence-corrected chi connectivity index (χ0v) is 14.0. The van der Waals surface area contributed by atoms with Gasteiger partial charge in [-0.05, 0) is 50.8 Å². The molecule has 1 heterocycles. The number of nitrogens with one attached hydrogen (secondary N) is 1. The highest BCUT2D eigenvalue weighted by Crippen LogP contribution is 2.34. The summed E-state index contributed by atoms with van der Waals surface area (Å²) in [5, 5.41) is 5.84. The lowest BCUT2D eigenvalue weighted by molar-refractivity contribution is 0.302. The van der Waals surface area contributed by atoms with Crippen LogP contribution in [0.3, 0.4) is 0 Å². The predicted octanol–water partition coefficient (Wildman–Crippen LogP) is 4.75. The van der Waals surface area contributed by atoms with Crippen molar-refractivity contribution in [3.05, 3.63) is 30.1 Å². The van der Waals surface area contributed by atoms with Gasteiger partial charge in [0.15, 0.2) is 0 Å². The Hall–Kier alpha value is -1.77. The number of hydrogen-bond donors (Lipinski definition) is 2. The molecule has 0 radical (unpaired) electrons. The molecule has 0 amide bonds. The molecule has 0 aliphatic rings. The minimum absolute atomic E-state index is 0.0124. The van der Waals surface area contributed by atoms with Crippen LogP contribution in [0, 0.1) is 12.3 Å². The maximum atomic E-state index is 6.07. The Labute approximate surface area is 128 Å².